The van der Waals surface area contributed by atoms with Crippen LogP contribution in [-0.4, -0.2) is 17.8 Å². The van der Waals surface area contributed by atoms with Crippen molar-refractivity contribution < 1.29 is 5.11 Å². The maximum absolute atomic E-state index is 9.07. The molecule has 56 valence electrons. The average molecular weight is 131 g/mol. The van der Waals surface area contributed by atoms with E-state index in [1.54, 1.807) is 0 Å². The standard InChI is InChI=1S/C7H17NO/c1-7(2,3)4-6(9)5-8/h6,9H,4-5,8H2,1-3H3/t6-/m1/s1. The molecule has 3 N–H and O–H groups in total. The Morgan fingerprint density at radius 2 is 1.89 bits per heavy atom. The maximum Gasteiger partial charge on any atom is 0.0667 e. The van der Waals surface area contributed by atoms with Crippen LogP contribution in [0.5, 0.6) is 0 Å². The highest BCUT2D eigenvalue weighted by atomic mass is 16.3. The second kappa shape index (κ2) is 3.18. The van der Waals surface area contributed by atoms with Crippen LogP contribution >= 0.6 is 0 Å². The van der Waals surface area contributed by atoms with Crippen molar-refractivity contribution in [2.75, 3.05) is 6.54 Å². The monoisotopic (exact) mass is 131 g/mol. The molecule has 0 unspecified atom stereocenters. The quantitative estimate of drug-likeness (QED) is 0.580. The van der Waals surface area contributed by atoms with Crippen molar-refractivity contribution in [3.05, 3.63) is 0 Å². The van der Waals surface area contributed by atoms with Gasteiger partial charge in [0, 0.05) is 6.54 Å². The minimum atomic E-state index is -0.329. The molecule has 2 heteroatoms. The summed E-state index contributed by atoms with van der Waals surface area (Å²) >= 11 is 0. The van der Waals surface area contributed by atoms with Crippen molar-refractivity contribution in [2.24, 2.45) is 11.1 Å². The van der Waals surface area contributed by atoms with Gasteiger partial charge in [0.05, 0.1) is 6.10 Å². The second-order valence-corrected chi connectivity index (χ2v) is 3.65. The number of nitrogens with two attached hydrogens (primary N) is 1. The van der Waals surface area contributed by atoms with Crippen molar-refractivity contribution in [1.82, 2.24) is 0 Å². The summed E-state index contributed by atoms with van der Waals surface area (Å²) in [5, 5.41) is 9.07. The number of hydrogen-bond donors (Lipinski definition) is 2. The Hall–Kier alpha value is -0.0800. The van der Waals surface area contributed by atoms with Gasteiger partial charge >= 0.3 is 0 Å². The normalized spacial score (nSPS) is 15.7. The van der Waals surface area contributed by atoms with Crippen molar-refractivity contribution in [3.63, 3.8) is 0 Å². The Labute approximate surface area is 57.1 Å². The Morgan fingerprint density at radius 3 is 2.00 bits per heavy atom. The molecule has 2 nitrogen and oxygen atoms in total. The van der Waals surface area contributed by atoms with Gasteiger partial charge in [-0.1, -0.05) is 20.8 Å². The van der Waals surface area contributed by atoms with Gasteiger partial charge < -0.3 is 10.8 Å². The molecule has 0 spiro atoms. The fraction of sp³-hybridized carbons (Fsp3) is 1.00. The molecule has 0 saturated carbocycles. The first-order chi connectivity index (χ1) is 3.95. The van der Waals surface area contributed by atoms with Gasteiger partial charge in [-0.05, 0) is 11.8 Å². The zero-order chi connectivity index (χ0) is 7.49. The van der Waals surface area contributed by atoms with E-state index in [1.165, 1.54) is 0 Å². The molecule has 0 aliphatic rings. The fourth-order valence-electron chi connectivity index (χ4n) is 0.790. The van der Waals surface area contributed by atoms with Gasteiger partial charge in [0.25, 0.3) is 0 Å². The number of aliphatic hydroxyl groups excluding tert-OH is 1. The summed E-state index contributed by atoms with van der Waals surface area (Å²) in [5.74, 6) is 0. The summed E-state index contributed by atoms with van der Waals surface area (Å²) in [6.07, 6.45) is 0.453. The summed E-state index contributed by atoms with van der Waals surface area (Å²) in [5.41, 5.74) is 5.42. The minimum Gasteiger partial charge on any atom is -0.392 e. The lowest BCUT2D eigenvalue weighted by Gasteiger charge is -2.20. The van der Waals surface area contributed by atoms with Crippen molar-refractivity contribution in [2.45, 2.75) is 33.3 Å². The lowest BCUT2D eigenvalue weighted by atomic mass is 9.89. The lowest BCUT2D eigenvalue weighted by Crippen LogP contribution is -2.25. The molecule has 0 fully saturated rings. The van der Waals surface area contributed by atoms with Gasteiger partial charge in [-0.2, -0.15) is 0 Å². The summed E-state index contributed by atoms with van der Waals surface area (Å²) in [6.45, 7) is 6.64. The molecule has 0 heterocycles. The molecule has 0 aliphatic heterocycles. The van der Waals surface area contributed by atoms with E-state index in [4.69, 9.17) is 10.8 Å². The number of aliphatic hydroxyl groups is 1. The molecular formula is C7H17NO. The molecule has 1 atom stereocenters. The van der Waals surface area contributed by atoms with Gasteiger partial charge in [-0.15, -0.1) is 0 Å². The molecule has 0 aromatic rings. The smallest absolute Gasteiger partial charge is 0.0667 e. The predicted molar refractivity (Wildman–Crippen MR) is 39.1 cm³/mol. The molecule has 0 aromatic heterocycles. The zero-order valence-corrected chi connectivity index (χ0v) is 6.52. The van der Waals surface area contributed by atoms with Gasteiger partial charge in [-0.3, -0.25) is 0 Å². The molecule has 9 heavy (non-hydrogen) atoms. The molecule has 0 rings (SSSR count). The SMILES string of the molecule is CC(C)(C)C[C@@H](O)CN. The predicted octanol–water partition coefficient (Wildman–Crippen LogP) is 0.742. The molecule has 0 amide bonds. The first-order valence-electron chi connectivity index (χ1n) is 3.34. The van der Waals surface area contributed by atoms with E-state index < -0.39 is 0 Å². The largest absolute Gasteiger partial charge is 0.392 e. The average Bonchev–Trinajstić information content (AvgIpc) is 1.62. The van der Waals surface area contributed by atoms with E-state index in [-0.39, 0.29) is 11.5 Å². The summed E-state index contributed by atoms with van der Waals surface area (Å²) in [7, 11) is 0. The third-order valence-corrected chi connectivity index (χ3v) is 1.12. The van der Waals surface area contributed by atoms with E-state index in [9.17, 15) is 0 Å². The Bertz CT molecular complexity index is 75.5. The van der Waals surface area contributed by atoms with Crippen LogP contribution in [0.25, 0.3) is 0 Å². The topological polar surface area (TPSA) is 46.2 Å². The van der Waals surface area contributed by atoms with E-state index in [2.05, 4.69) is 20.8 Å². The van der Waals surface area contributed by atoms with Crippen LogP contribution in [0.15, 0.2) is 0 Å². The fourth-order valence-corrected chi connectivity index (χ4v) is 0.790. The van der Waals surface area contributed by atoms with Gasteiger partial charge in [0.15, 0.2) is 0 Å². The highest BCUT2D eigenvalue weighted by Crippen LogP contribution is 2.19. The van der Waals surface area contributed by atoms with Crippen LogP contribution in [0.3, 0.4) is 0 Å². The number of rotatable bonds is 2. The van der Waals surface area contributed by atoms with Crippen LogP contribution in [0, 0.1) is 5.41 Å². The van der Waals surface area contributed by atoms with Crippen molar-refractivity contribution in [3.8, 4) is 0 Å². The van der Waals surface area contributed by atoms with Crippen LogP contribution in [-0.2, 0) is 0 Å². The van der Waals surface area contributed by atoms with E-state index >= 15 is 0 Å². The van der Waals surface area contributed by atoms with Crippen LogP contribution in [0.4, 0.5) is 0 Å². The van der Waals surface area contributed by atoms with E-state index in [0.29, 0.717) is 6.54 Å². The molecule has 0 aromatic carbocycles. The van der Waals surface area contributed by atoms with Crippen molar-refractivity contribution in [1.29, 1.82) is 0 Å². The van der Waals surface area contributed by atoms with E-state index in [0.717, 1.165) is 6.42 Å². The maximum atomic E-state index is 9.07. The first-order valence-corrected chi connectivity index (χ1v) is 3.34. The molecule has 0 bridgehead atoms. The van der Waals surface area contributed by atoms with Crippen LogP contribution < -0.4 is 5.73 Å². The number of hydrogen-bond acceptors (Lipinski definition) is 2. The van der Waals surface area contributed by atoms with Gasteiger partial charge in [0.2, 0.25) is 0 Å². The summed E-state index contributed by atoms with van der Waals surface area (Å²) < 4.78 is 0. The highest BCUT2D eigenvalue weighted by Gasteiger charge is 2.14. The van der Waals surface area contributed by atoms with Crippen LogP contribution in [0.1, 0.15) is 27.2 Å². The summed E-state index contributed by atoms with van der Waals surface area (Å²) in [4.78, 5) is 0. The Balaban J connectivity index is 3.47. The summed E-state index contributed by atoms with van der Waals surface area (Å²) in [6, 6.07) is 0. The van der Waals surface area contributed by atoms with Gasteiger partial charge in [0.1, 0.15) is 0 Å². The highest BCUT2D eigenvalue weighted by molar-refractivity contribution is 4.67. The minimum absolute atomic E-state index is 0.193. The zero-order valence-electron chi connectivity index (χ0n) is 6.52. The van der Waals surface area contributed by atoms with Gasteiger partial charge in [-0.25, -0.2) is 0 Å². The molecule has 0 radical (unpaired) electrons. The Kier molecular flexibility index (Phi) is 3.15. The van der Waals surface area contributed by atoms with Crippen LogP contribution in [0.2, 0.25) is 0 Å². The second-order valence-electron chi connectivity index (χ2n) is 3.65. The third kappa shape index (κ3) is 5.80. The van der Waals surface area contributed by atoms with Crippen molar-refractivity contribution >= 4 is 0 Å². The third-order valence-electron chi connectivity index (χ3n) is 1.12. The Morgan fingerprint density at radius 1 is 1.44 bits per heavy atom. The van der Waals surface area contributed by atoms with E-state index in [1.807, 2.05) is 0 Å². The lowest BCUT2D eigenvalue weighted by molar-refractivity contribution is 0.128. The molecule has 0 aliphatic carbocycles. The molecule has 0 saturated heterocycles. The first kappa shape index (κ1) is 8.92. The molecular weight excluding hydrogens is 114 g/mol.